The molecule has 0 aromatic heterocycles. The van der Waals surface area contributed by atoms with Crippen molar-refractivity contribution >= 4 is 29.1 Å². The van der Waals surface area contributed by atoms with Gasteiger partial charge in [0.15, 0.2) is 0 Å². The van der Waals surface area contributed by atoms with E-state index in [4.69, 9.17) is 16.4 Å². The third kappa shape index (κ3) is 4.10. The molecule has 29 heavy (non-hydrogen) atoms. The van der Waals surface area contributed by atoms with Gasteiger partial charge in [-0.3, -0.25) is 9.59 Å². The molecule has 6 nitrogen and oxygen atoms in total. The Kier molecular flexibility index (Phi) is 5.49. The first-order valence-corrected chi connectivity index (χ1v) is 9.72. The van der Waals surface area contributed by atoms with Crippen molar-refractivity contribution in [2.75, 3.05) is 26.2 Å². The smallest absolute Gasteiger partial charge is 0.267 e. The van der Waals surface area contributed by atoms with Crippen LogP contribution in [0.25, 0.3) is 0 Å². The zero-order chi connectivity index (χ0) is 20.4. The highest BCUT2D eigenvalue weighted by Crippen LogP contribution is 2.22. The zero-order valence-corrected chi connectivity index (χ0v) is 16.3. The van der Waals surface area contributed by atoms with Crippen LogP contribution in [0.15, 0.2) is 53.7 Å². The molecule has 2 aliphatic rings. The molecule has 1 unspecified atom stereocenters. The molecule has 2 amide bonds. The fourth-order valence-electron chi connectivity index (χ4n) is 3.48. The summed E-state index contributed by atoms with van der Waals surface area (Å²) in [4.78, 5) is 34.1. The lowest BCUT2D eigenvalue weighted by Gasteiger charge is -2.35. The van der Waals surface area contributed by atoms with Gasteiger partial charge in [-0.05, 0) is 23.8 Å². The Hall–Kier alpha value is -2.93. The molecule has 2 aromatic rings. The number of nitrogens with zero attached hydrogens (tertiary/aromatic N) is 3. The van der Waals surface area contributed by atoms with Crippen LogP contribution in [0.2, 0.25) is 5.02 Å². The van der Waals surface area contributed by atoms with E-state index < -0.39 is 11.9 Å². The first kappa shape index (κ1) is 19.4. The van der Waals surface area contributed by atoms with Crippen LogP contribution < -0.4 is 0 Å². The molecule has 0 saturated carbocycles. The van der Waals surface area contributed by atoms with E-state index in [2.05, 4.69) is 5.16 Å². The van der Waals surface area contributed by atoms with Crippen LogP contribution in [0, 0.1) is 5.82 Å². The van der Waals surface area contributed by atoms with E-state index in [1.807, 2.05) is 30.3 Å². The van der Waals surface area contributed by atoms with E-state index in [0.717, 1.165) is 17.3 Å². The standard InChI is InChI=1S/C21H19ClFN3O3/c22-17-12-15(23)6-7-16(17)20(27)25-8-10-26(11-9-25)21(28)19-13-18(24-29-19)14-4-2-1-3-5-14/h1-7,12,19H,8-11,13H2. The predicted octanol–water partition coefficient (Wildman–Crippen LogP) is 2.96. The minimum Gasteiger partial charge on any atom is -0.382 e. The van der Waals surface area contributed by atoms with Gasteiger partial charge in [0.25, 0.3) is 11.8 Å². The summed E-state index contributed by atoms with van der Waals surface area (Å²) in [6, 6.07) is 13.3. The number of piperazine rings is 1. The lowest BCUT2D eigenvalue weighted by molar-refractivity contribution is -0.143. The van der Waals surface area contributed by atoms with Gasteiger partial charge >= 0.3 is 0 Å². The minimum atomic E-state index is -0.640. The lowest BCUT2D eigenvalue weighted by Crippen LogP contribution is -2.53. The maximum absolute atomic E-state index is 13.2. The summed E-state index contributed by atoms with van der Waals surface area (Å²) >= 11 is 5.99. The van der Waals surface area contributed by atoms with Gasteiger partial charge in [-0.2, -0.15) is 0 Å². The molecule has 2 aliphatic heterocycles. The van der Waals surface area contributed by atoms with Crippen LogP contribution >= 0.6 is 11.6 Å². The Morgan fingerprint density at radius 1 is 1.03 bits per heavy atom. The third-order valence-corrected chi connectivity index (χ3v) is 5.40. The van der Waals surface area contributed by atoms with E-state index in [-0.39, 0.29) is 22.4 Å². The van der Waals surface area contributed by atoms with Gasteiger partial charge in [0, 0.05) is 32.6 Å². The van der Waals surface area contributed by atoms with Crippen molar-refractivity contribution in [3.8, 4) is 0 Å². The molecule has 1 fully saturated rings. The molecule has 150 valence electrons. The Morgan fingerprint density at radius 3 is 2.41 bits per heavy atom. The average Bonchev–Trinajstić information content (AvgIpc) is 3.24. The monoisotopic (exact) mass is 415 g/mol. The second kappa shape index (κ2) is 8.21. The van der Waals surface area contributed by atoms with E-state index in [1.165, 1.54) is 12.1 Å². The number of benzene rings is 2. The first-order valence-electron chi connectivity index (χ1n) is 9.34. The zero-order valence-electron chi connectivity index (χ0n) is 15.6. The van der Waals surface area contributed by atoms with Crippen molar-refractivity contribution in [2.24, 2.45) is 5.16 Å². The largest absolute Gasteiger partial charge is 0.382 e. The van der Waals surface area contributed by atoms with Gasteiger partial charge in [-0.1, -0.05) is 47.1 Å². The molecule has 0 bridgehead atoms. The summed E-state index contributed by atoms with van der Waals surface area (Å²) in [7, 11) is 0. The maximum atomic E-state index is 13.2. The Labute approximate surface area is 172 Å². The van der Waals surface area contributed by atoms with Crippen LogP contribution in [0.3, 0.4) is 0 Å². The average molecular weight is 416 g/mol. The third-order valence-electron chi connectivity index (χ3n) is 5.09. The second-order valence-corrected chi connectivity index (χ2v) is 7.35. The van der Waals surface area contributed by atoms with E-state index >= 15 is 0 Å². The van der Waals surface area contributed by atoms with Crippen LogP contribution in [-0.4, -0.2) is 59.6 Å². The van der Waals surface area contributed by atoms with Gasteiger partial charge in [0.1, 0.15) is 5.82 Å². The maximum Gasteiger partial charge on any atom is 0.267 e. The molecule has 2 heterocycles. The number of rotatable bonds is 3. The molecule has 0 spiro atoms. The number of carbonyl (C=O) groups is 2. The van der Waals surface area contributed by atoms with Crippen molar-refractivity contribution in [1.29, 1.82) is 0 Å². The van der Waals surface area contributed by atoms with Crippen LogP contribution in [-0.2, 0) is 9.63 Å². The number of halogens is 2. The summed E-state index contributed by atoms with van der Waals surface area (Å²) < 4.78 is 13.2. The Bertz CT molecular complexity index is 959. The fourth-order valence-corrected chi connectivity index (χ4v) is 3.73. The fraction of sp³-hybridized carbons (Fsp3) is 0.286. The van der Waals surface area contributed by atoms with Gasteiger partial charge in [-0.25, -0.2) is 4.39 Å². The van der Waals surface area contributed by atoms with Crippen molar-refractivity contribution < 1.29 is 18.8 Å². The summed E-state index contributed by atoms with van der Waals surface area (Å²) in [5.74, 6) is -0.892. The van der Waals surface area contributed by atoms with Crippen LogP contribution in [0.4, 0.5) is 4.39 Å². The number of hydrogen-bond donors (Lipinski definition) is 0. The van der Waals surface area contributed by atoms with Gasteiger partial charge in [-0.15, -0.1) is 0 Å². The molecule has 8 heteroatoms. The molecular formula is C21H19ClFN3O3. The number of carbonyl (C=O) groups excluding carboxylic acids is 2. The molecule has 4 rings (SSSR count). The normalized spacial score (nSPS) is 19.0. The van der Waals surface area contributed by atoms with Crippen LogP contribution in [0.5, 0.6) is 0 Å². The van der Waals surface area contributed by atoms with E-state index in [9.17, 15) is 14.0 Å². The van der Waals surface area contributed by atoms with Crippen molar-refractivity contribution in [2.45, 2.75) is 12.5 Å². The minimum absolute atomic E-state index is 0.0819. The summed E-state index contributed by atoms with van der Waals surface area (Å²) in [6.07, 6.45) is -0.216. The van der Waals surface area contributed by atoms with Gasteiger partial charge < -0.3 is 14.6 Å². The molecule has 2 aromatic carbocycles. The van der Waals surface area contributed by atoms with Gasteiger partial charge in [0.05, 0.1) is 16.3 Å². The number of oxime groups is 1. The molecule has 0 radical (unpaired) electrons. The number of amides is 2. The van der Waals surface area contributed by atoms with Crippen LogP contribution in [0.1, 0.15) is 22.3 Å². The Balaban J connectivity index is 1.33. The molecule has 1 atom stereocenters. The molecule has 0 aliphatic carbocycles. The van der Waals surface area contributed by atoms with Gasteiger partial charge in [0.2, 0.25) is 6.10 Å². The van der Waals surface area contributed by atoms with Crippen molar-refractivity contribution in [1.82, 2.24) is 9.80 Å². The highest BCUT2D eigenvalue weighted by Gasteiger charge is 2.34. The highest BCUT2D eigenvalue weighted by molar-refractivity contribution is 6.33. The van der Waals surface area contributed by atoms with E-state index in [0.29, 0.717) is 32.6 Å². The summed E-state index contributed by atoms with van der Waals surface area (Å²) in [5, 5.41) is 4.14. The van der Waals surface area contributed by atoms with Crippen molar-refractivity contribution in [3.63, 3.8) is 0 Å². The SMILES string of the molecule is O=C(c1ccc(F)cc1Cl)N1CCN(C(=O)C2CC(c3ccccc3)=NO2)CC1. The quantitative estimate of drug-likeness (QED) is 0.774. The summed E-state index contributed by atoms with van der Waals surface area (Å²) in [6.45, 7) is 1.53. The second-order valence-electron chi connectivity index (χ2n) is 6.94. The van der Waals surface area contributed by atoms with Crippen molar-refractivity contribution in [3.05, 3.63) is 70.5 Å². The summed E-state index contributed by atoms with van der Waals surface area (Å²) in [5.41, 5.74) is 1.95. The van der Waals surface area contributed by atoms with E-state index in [1.54, 1.807) is 9.80 Å². The Morgan fingerprint density at radius 2 is 1.72 bits per heavy atom. The molecule has 1 saturated heterocycles. The topological polar surface area (TPSA) is 62.2 Å². The highest BCUT2D eigenvalue weighted by atomic mass is 35.5. The first-order chi connectivity index (χ1) is 14.0. The molecular weight excluding hydrogens is 397 g/mol. The predicted molar refractivity (Wildman–Crippen MR) is 106 cm³/mol. The molecule has 0 N–H and O–H groups in total. The lowest BCUT2D eigenvalue weighted by atomic mass is 10.0. The number of hydrogen-bond acceptors (Lipinski definition) is 4.